The van der Waals surface area contributed by atoms with Crippen LogP contribution < -0.4 is 5.56 Å². The molecule has 0 bridgehead atoms. The first-order valence-corrected chi connectivity index (χ1v) is 14.4. The number of aliphatic hydroxyl groups is 1. The Morgan fingerprint density at radius 1 is 1.12 bits per heavy atom. The molecule has 2 aliphatic rings. The molecule has 6 rings (SSSR count). The standard InChI is InChI=1S/C34H35N3O5/c1-5-34(20-38)15-30(39)41-19-26-27(34)14-29-31-25(17-37(29)32(26)40)24(23-8-6-7-9-28(23)36-31)16-35-42-18-21-10-12-22(13-11-21)33(2,3)4/h6-14,16,38H,5,15,17-20H2,1-4H3/b35-16+. The summed E-state index contributed by atoms with van der Waals surface area (Å²) in [5.41, 5.74) is 6.15. The number of fused-ring (bicyclic) bond motifs is 5. The Hall–Kier alpha value is -4.30. The van der Waals surface area contributed by atoms with Gasteiger partial charge >= 0.3 is 5.97 Å². The molecule has 42 heavy (non-hydrogen) atoms. The molecule has 2 aromatic heterocycles. The van der Waals surface area contributed by atoms with Gasteiger partial charge in [-0.1, -0.05) is 75.3 Å². The van der Waals surface area contributed by atoms with Gasteiger partial charge in [0, 0.05) is 21.9 Å². The number of rotatable bonds is 6. The lowest BCUT2D eigenvalue weighted by Crippen LogP contribution is -2.35. The second kappa shape index (κ2) is 10.5. The molecule has 8 nitrogen and oxygen atoms in total. The summed E-state index contributed by atoms with van der Waals surface area (Å²) in [4.78, 5) is 37.0. The molecule has 4 heterocycles. The van der Waals surface area contributed by atoms with Crippen molar-refractivity contribution >= 4 is 23.1 Å². The van der Waals surface area contributed by atoms with Crippen molar-refractivity contribution in [3.63, 3.8) is 0 Å². The predicted molar refractivity (Wildman–Crippen MR) is 162 cm³/mol. The Kier molecular flexibility index (Phi) is 6.97. The van der Waals surface area contributed by atoms with Crippen LogP contribution in [0.4, 0.5) is 0 Å². The molecule has 1 N–H and O–H groups in total. The molecule has 1 unspecified atom stereocenters. The van der Waals surface area contributed by atoms with Gasteiger partial charge in [0.15, 0.2) is 0 Å². The summed E-state index contributed by atoms with van der Waals surface area (Å²) in [6, 6.07) is 18.1. The van der Waals surface area contributed by atoms with Crippen molar-refractivity contribution in [2.75, 3.05) is 6.61 Å². The third-order valence-electron chi connectivity index (χ3n) is 8.72. The zero-order chi connectivity index (χ0) is 29.6. The Bertz CT molecular complexity index is 1780. The number of esters is 1. The smallest absolute Gasteiger partial charge is 0.307 e. The molecule has 0 fully saturated rings. The fraction of sp³-hybridized carbons (Fsp3) is 0.353. The van der Waals surface area contributed by atoms with Crippen molar-refractivity contribution in [2.24, 2.45) is 5.16 Å². The number of pyridine rings is 2. The maximum atomic E-state index is 13.9. The van der Waals surface area contributed by atoms with Crippen molar-refractivity contribution in [2.45, 2.75) is 71.1 Å². The summed E-state index contributed by atoms with van der Waals surface area (Å²) < 4.78 is 7.08. The molecule has 0 radical (unpaired) electrons. The number of aromatic nitrogens is 2. The van der Waals surface area contributed by atoms with Crippen LogP contribution in [0.3, 0.4) is 0 Å². The third-order valence-corrected chi connectivity index (χ3v) is 8.72. The lowest BCUT2D eigenvalue weighted by molar-refractivity contribution is -0.146. The van der Waals surface area contributed by atoms with E-state index in [2.05, 4.69) is 50.2 Å². The second-order valence-electron chi connectivity index (χ2n) is 12.3. The van der Waals surface area contributed by atoms with Gasteiger partial charge in [-0.05, 0) is 40.7 Å². The van der Waals surface area contributed by atoms with E-state index in [1.807, 2.05) is 37.3 Å². The van der Waals surface area contributed by atoms with Crippen LogP contribution in [0.25, 0.3) is 22.3 Å². The maximum absolute atomic E-state index is 13.9. The van der Waals surface area contributed by atoms with E-state index < -0.39 is 11.4 Å². The van der Waals surface area contributed by atoms with E-state index in [1.54, 1.807) is 10.8 Å². The summed E-state index contributed by atoms with van der Waals surface area (Å²) in [5.74, 6) is -0.417. The lowest BCUT2D eigenvalue weighted by atomic mass is 9.74. The summed E-state index contributed by atoms with van der Waals surface area (Å²) in [6.07, 6.45) is 2.21. The fourth-order valence-electron chi connectivity index (χ4n) is 6.06. The minimum atomic E-state index is -0.888. The number of hydrogen-bond acceptors (Lipinski definition) is 7. The van der Waals surface area contributed by atoms with Gasteiger partial charge in [0.1, 0.15) is 13.2 Å². The lowest BCUT2D eigenvalue weighted by Gasteiger charge is -2.30. The molecular weight excluding hydrogens is 530 g/mol. The second-order valence-corrected chi connectivity index (χ2v) is 12.3. The maximum Gasteiger partial charge on any atom is 0.307 e. The van der Waals surface area contributed by atoms with Gasteiger partial charge in [-0.2, -0.15) is 0 Å². The predicted octanol–water partition coefficient (Wildman–Crippen LogP) is 5.36. The van der Waals surface area contributed by atoms with Crippen molar-refractivity contribution < 1.29 is 19.5 Å². The van der Waals surface area contributed by atoms with Crippen LogP contribution in [0.5, 0.6) is 0 Å². The summed E-state index contributed by atoms with van der Waals surface area (Å²) in [5, 5.41) is 15.7. The van der Waals surface area contributed by atoms with Crippen LogP contribution in [0.1, 0.15) is 73.9 Å². The number of aliphatic hydroxyl groups excluding tert-OH is 1. The van der Waals surface area contributed by atoms with E-state index in [-0.39, 0.29) is 30.6 Å². The zero-order valence-electron chi connectivity index (χ0n) is 24.4. The van der Waals surface area contributed by atoms with Crippen LogP contribution >= 0.6 is 0 Å². The van der Waals surface area contributed by atoms with Gasteiger partial charge in [-0.25, -0.2) is 4.98 Å². The SMILES string of the molecule is CCC1(CO)CC(=O)OCc2c1cc1n(c2=O)Cc2c-1nc1ccccc1c2/C=N/OCc1ccc(C(C)(C)C)cc1. The van der Waals surface area contributed by atoms with E-state index in [0.29, 0.717) is 42.1 Å². The van der Waals surface area contributed by atoms with Gasteiger partial charge in [-0.3, -0.25) is 9.59 Å². The summed E-state index contributed by atoms with van der Waals surface area (Å²) in [7, 11) is 0. The van der Waals surface area contributed by atoms with Crippen molar-refractivity contribution in [1.29, 1.82) is 0 Å². The summed E-state index contributed by atoms with van der Waals surface area (Å²) in [6.45, 7) is 8.73. The molecule has 8 heteroatoms. The number of cyclic esters (lactones) is 1. The Morgan fingerprint density at radius 2 is 1.88 bits per heavy atom. The number of nitrogens with zero attached hydrogens (tertiary/aromatic N) is 3. The molecule has 0 aliphatic carbocycles. The van der Waals surface area contributed by atoms with Crippen LogP contribution in [0.2, 0.25) is 0 Å². The van der Waals surface area contributed by atoms with E-state index in [0.717, 1.165) is 27.6 Å². The van der Waals surface area contributed by atoms with Crippen molar-refractivity contribution in [3.05, 3.63) is 98.3 Å². The Balaban J connectivity index is 1.39. The first-order valence-electron chi connectivity index (χ1n) is 14.4. The molecule has 2 aromatic carbocycles. The number of carbonyl (C=O) groups is 1. The van der Waals surface area contributed by atoms with E-state index in [4.69, 9.17) is 14.6 Å². The van der Waals surface area contributed by atoms with Crippen LogP contribution in [-0.2, 0) is 45.0 Å². The van der Waals surface area contributed by atoms with E-state index >= 15 is 0 Å². The van der Waals surface area contributed by atoms with E-state index in [1.165, 1.54) is 5.56 Å². The van der Waals surface area contributed by atoms with Crippen LogP contribution in [0.15, 0.2) is 64.5 Å². The number of oxime groups is 1. The monoisotopic (exact) mass is 565 g/mol. The van der Waals surface area contributed by atoms with E-state index in [9.17, 15) is 14.7 Å². The number of benzene rings is 2. The molecule has 216 valence electrons. The topological polar surface area (TPSA) is 103 Å². The average Bonchev–Trinajstić information content (AvgIpc) is 3.27. The zero-order valence-corrected chi connectivity index (χ0v) is 24.4. The first-order chi connectivity index (χ1) is 20.1. The highest BCUT2D eigenvalue weighted by molar-refractivity contribution is 6.02. The van der Waals surface area contributed by atoms with Crippen LogP contribution in [-0.4, -0.2) is 33.4 Å². The molecule has 2 aliphatic heterocycles. The molecule has 0 amide bonds. The number of carbonyl (C=O) groups excluding carboxylic acids is 1. The fourth-order valence-corrected chi connectivity index (χ4v) is 6.06. The van der Waals surface area contributed by atoms with Gasteiger partial charge in [0.2, 0.25) is 0 Å². The largest absolute Gasteiger partial charge is 0.461 e. The summed E-state index contributed by atoms with van der Waals surface area (Å²) >= 11 is 0. The Labute approximate surface area is 244 Å². The third kappa shape index (κ3) is 4.69. The molecule has 0 saturated heterocycles. The molecular formula is C34H35N3O5. The quantitative estimate of drug-likeness (QED) is 0.169. The highest BCUT2D eigenvalue weighted by atomic mass is 16.6. The van der Waals surface area contributed by atoms with Crippen LogP contribution in [0, 0.1) is 0 Å². The molecule has 4 aromatic rings. The minimum absolute atomic E-state index is 0.0160. The number of hydrogen-bond donors (Lipinski definition) is 1. The van der Waals surface area contributed by atoms with Crippen molar-refractivity contribution in [3.8, 4) is 11.4 Å². The normalized spacial score (nSPS) is 18.0. The average molecular weight is 566 g/mol. The first kappa shape index (κ1) is 27.8. The molecule has 0 saturated carbocycles. The number of ether oxygens (including phenoxy) is 1. The highest BCUT2D eigenvalue weighted by Gasteiger charge is 2.40. The highest BCUT2D eigenvalue weighted by Crippen LogP contribution is 2.41. The Morgan fingerprint density at radius 3 is 2.60 bits per heavy atom. The number of para-hydroxylation sites is 1. The van der Waals surface area contributed by atoms with Gasteiger partial charge < -0.3 is 19.2 Å². The van der Waals surface area contributed by atoms with Gasteiger partial charge in [-0.15, -0.1) is 0 Å². The van der Waals surface area contributed by atoms with Crippen molar-refractivity contribution in [1.82, 2.24) is 9.55 Å². The van der Waals surface area contributed by atoms with Gasteiger partial charge in [0.25, 0.3) is 5.56 Å². The molecule has 1 atom stereocenters. The molecule has 0 spiro atoms. The minimum Gasteiger partial charge on any atom is -0.461 e. The van der Waals surface area contributed by atoms with Gasteiger partial charge in [0.05, 0.1) is 48.3 Å².